The predicted octanol–water partition coefficient (Wildman–Crippen LogP) is 3.19. The number of rotatable bonds is 2. The van der Waals surface area contributed by atoms with Gasteiger partial charge in [0.2, 0.25) is 5.91 Å². The molecule has 19 heavy (non-hydrogen) atoms. The van der Waals surface area contributed by atoms with Gasteiger partial charge in [0, 0.05) is 30.2 Å². The number of anilines is 1. The van der Waals surface area contributed by atoms with Gasteiger partial charge in [-0.05, 0) is 28.1 Å². The molecule has 4 nitrogen and oxygen atoms in total. The molecule has 0 bridgehead atoms. The lowest BCUT2D eigenvalue weighted by Gasteiger charge is -2.18. The van der Waals surface area contributed by atoms with Crippen LogP contribution in [0.25, 0.3) is 0 Å². The van der Waals surface area contributed by atoms with Gasteiger partial charge in [-0.1, -0.05) is 23.4 Å². The molecule has 0 saturated carbocycles. The van der Waals surface area contributed by atoms with Gasteiger partial charge >= 0.3 is 0 Å². The SMILES string of the molecule is CC(=O)SC1CC(=O)N(c2cc(Cl)cc(Br)c2O)C1. The topological polar surface area (TPSA) is 57.6 Å². The monoisotopic (exact) mass is 363 g/mol. The zero-order chi connectivity index (χ0) is 14.2. The summed E-state index contributed by atoms with van der Waals surface area (Å²) in [4.78, 5) is 24.5. The quantitative estimate of drug-likeness (QED) is 0.875. The summed E-state index contributed by atoms with van der Waals surface area (Å²) >= 11 is 10.3. The molecule has 102 valence electrons. The molecule has 7 heteroatoms. The van der Waals surface area contributed by atoms with Gasteiger partial charge in [0.1, 0.15) is 0 Å². The van der Waals surface area contributed by atoms with Crippen molar-refractivity contribution in [2.45, 2.75) is 18.6 Å². The van der Waals surface area contributed by atoms with Crippen LogP contribution in [0.1, 0.15) is 13.3 Å². The Balaban J connectivity index is 2.28. The van der Waals surface area contributed by atoms with Gasteiger partial charge in [-0.3, -0.25) is 9.59 Å². The Labute approximate surface area is 128 Å². The van der Waals surface area contributed by atoms with Crippen LogP contribution >= 0.6 is 39.3 Å². The number of aromatic hydroxyl groups is 1. The van der Waals surface area contributed by atoms with E-state index in [0.29, 0.717) is 21.7 Å². The highest BCUT2D eigenvalue weighted by molar-refractivity contribution is 9.10. The van der Waals surface area contributed by atoms with Gasteiger partial charge < -0.3 is 10.0 Å². The molecule has 1 aliphatic heterocycles. The van der Waals surface area contributed by atoms with E-state index in [-0.39, 0.29) is 28.4 Å². The molecule has 1 N–H and O–H groups in total. The minimum absolute atomic E-state index is 0.0175. The molecular weight excluding hydrogens is 354 g/mol. The highest BCUT2D eigenvalue weighted by Gasteiger charge is 2.33. The zero-order valence-corrected chi connectivity index (χ0v) is 13.2. The Hall–Kier alpha value is -0.720. The average molecular weight is 365 g/mol. The summed E-state index contributed by atoms with van der Waals surface area (Å²) < 4.78 is 0.436. The van der Waals surface area contributed by atoms with E-state index in [4.69, 9.17) is 11.6 Å². The van der Waals surface area contributed by atoms with Crippen LogP contribution in [-0.2, 0) is 9.59 Å². The molecule has 1 atom stereocenters. The first-order valence-electron chi connectivity index (χ1n) is 5.54. The largest absolute Gasteiger partial charge is 0.505 e. The zero-order valence-electron chi connectivity index (χ0n) is 10.0. The third kappa shape index (κ3) is 3.24. The summed E-state index contributed by atoms with van der Waals surface area (Å²) in [5, 5.41) is 10.3. The van der Waals surface area contributed by atoms with Crippen molar-refractivity contribution in [2.24, 2.45) is 0 Å². The summed E-state index contributed by atoms with van der Waals surface area (Å²) in [6.45, 7) is 1.87. The van der Waals surface area contributed by atoms with E-state index < -0.39 is 0 Å². The molecule has 1 unspecified atom stereocenters. The van der Waals surface area contributed by atoms with E-state index in [1.165, 1.54) is 11.8 Å². The second-order valence-corrected chi connectivity index (χ2v) is 6.96. The lowest BCUT2D eigenvalue weighted by molar-refractivity contribution is -0.117. The molecule has 1 saturated heterocycles. The maximum absolute atomic E-state index is 12.0. The molecule has 1 aliphatic rings. The average Bonchev–Trinajstić information content (AvgIpc) is 2.63. The lowest BCUT2D eigenvalue weighted by Crippen LogP contribution is -2.25. The van der Waals surface area contributed by atoms with Gasteiger partial charge in [-0.2, -0.15) is 0 Å². The summed E-state index contributed by atoms with van der Waals surface area (Å²) in [6, 6.07) is 3.10. The van der Waals surface area contributed by atoms with Crippen LogP contribution in [0, 0.1) is 0 Å². The maximum atomic E-state index is 12.0. The first-order chi connectivity index (χ1) is 8.88. The fourth-order valence-electron chi connectivity index (χ4n) is 1.98. The summed E-state index contributed by atoms with van der Waals surface area (Å²) in [6.07, 6.45) is 0.286. The van der Waals surface area contributed by atoms with E-state index in [9.17, 15) is 14.7 Å². The number of hydrogen-bond donors (Lipinski definition) is 1. The molecule has 1 fully saturated rings. The van der Waals surface area contributed by atoms with E-state index in [2.05, 4.69) is 15.9 Å². The number of carbonyl (C=O) groups excluding carboxylic acids is 2. The Morgan fingerprint density at radius 1 is 1.58 bits per heavy atom. The van der Waals surface area contributed by atoms with Crippen LogP contribution in [0.3, 0.4) is 0 Å². The van der Waals surface area contributed by atoms with Crippen molar-refractivity contribution in [2.75, 3.05) is 11.4 Å². The van der Waals surface area contributed by atoms with Crippen molar-refractivity contribution in [3.63, 3.8) is 0 Å². The molecule has 1 aromatic carbocycles. The fourth-order valence-corrected chi connectivity index (χ4v) is 3.69. The maximum Gasteiger partial charge on any atom is 0.228 e. The Morgan fingerprint density at radius 2 is 2.26 bits per heavy atom. The van der Waals surface area contributed by atoms with Crippen LogP contribution in [0.5, 0.6) is 5.75 Å². The normalized spacial score (nSPS) is 19.0. The van der Waals surface area contributed by atoms with Crippen LogP contribution < -0.4 is 4.90 Å². The van der Waals surface area contributed by atoms with Gasteiger partial charge in [0.25, 0.3) is 0 Å². The number of phenolic OH excluding ortho intramolecular Hbond substituents is 1. The van der Waals surface area contributed by atoms with Crippen molar-refractivity contribution < 1.29 is 14.7 Å². The third-order valence-electron chi connectivity index (χ3n) is 2.72. The number of phenols is 1. The highest BCUT2D eigenvalue weighted by atomic mass is 79.9. The molecule has 1 amide bonds. The predicted molar refractivity (Wildman–Crippen MR) is 79.8 cm³/mol. The first kappa shape index (κ1) is 14.7. The van der Waals surface area contributed by atoms with Crippen molar-refractivity contribution in [3.05, 3.63) is 21.6 Å². The Morgan fingerprint density at radius 3 is 2.89 bits per heavy atom. The van der Waals surface area contributed by atoms with Crippen molar-refractivity contribution in [1.29, 1.82) is 0 Å². The number of hydrogen-bond acceptors (Lipinski definition) is 4. The van der Waals surface area contributed by atoms with E-state index >= 15 is 0 Å². The van der Waals surface area contributed by atoms with Gasteiger partial charge in [-0.15, -0.1) is 0 Å². The number of halogens is 2. The second kappa shape index (κ2) is 5.73. The minimum Gasteiger partial charge on any atom is -0.505 e. The van der Waals surface area contributed by atoms with Crippen LogP contribution in [-0.4, -0.2) is 27.9 Å². The summed E-state index contributed by atoms with van der Waals surface area (Å²) in [5.41, 5.74) is 0.371. The van der Waals surface area contributed by atoms with Crippen LogP contribution in [0.2, 0.25) is 5.02 Å². The Kier molecular flexibility index (Phi) is 4.43. The standard InChI is InChI=1S/C12H11BrClNO3S/c1-6(16)19-8-4-11(17)15(5-8)10-3-7(14)2-9(13)12(10)18/h2-3,8,18H,4-5H2,1H3. The van der Waals surface area contributed by atoms with Crippen LogP contribution in [0.4, 0.5) is 5.69 Å². The number of thioether (sulfide) groups is 1. The number of benzene rings is 1. The van der Waals surface area contributed by atoms with Gasteiger partial charge in [0.15, 0.2) is 10.9 Å². The van der Waals surface area contributed by atoms with Crippen molar-refractivity contribution in [1.82, 2.24) is 0 Å². The highest BCUT2D eigenvalue weighted by Crippen LogP contribution is 2.40. The molecule has 2 rings (SSSR count). The van der Waals surface area contributed by atoms with E-state index in [0.717, 1.165) is 11.8 Å². The van der Waals surface area contributed by atoms with E-state index in [1.807, 2.05) is 0 Å². The molecule has 1 heterocycles. The van der Waals surface area contributed by atoms with E-state index in [1.54, 1.807) is 12.1 Å². The minimum atomic E-state index is -0.122. The smallest absolute Gasteiger partial charge is 0.228 e. The van der Waals surface area contributed by atoms with Crippen molar-refractivity contribution >= 4 is 56.0 Å². The molecule has 1 aromatic rings. The van der Waals surface area contributed by atoms with Gasteiger partial charge in [0.05, 0.1) is 10.2 Å². The molecule has 0 aliphatic carbocycles. The first-order valence-corrected chi connectivity index (χ1v) is 7.59. The fraction of sp³-hybridized carbons (Fsp3) is 0.333. The summed E-state index contributed by atoms with van der Waals surface area (Å²) in [5.74, 6) is -0.144. The van der Waals surface area contributed by atoms with Crippen molar-refractivity contribution in [3.8, 4) is 5.75 Å². The second-order valence-electron chi connectivity index (χ2n) is 4.20. The van der Waals surface area contributed by atoms with Crippen LogP contribution in [0.15, 0.2) is 16.6 Å². The third-order valence-corrected chi connectivity index (χ3v) is 4.52. The molecular formula is C12H11BrClNO3S. The Bertz CT molecular complexity index is 552. The summed E-state index contributed by atoms with van der Waals surface area (Å²) in [7, 11) is 0. The number of nitrogens with zero attached hydrogens (tertiary/aromatic N) is 1. The molecule has 0 radical (unpaired) electrons. The number of amides is 1. The molecule has 0 aromatic heterocycles. The molecule has 0 spiro atoms. The number of carbonyl (C=O) groups is 2. The lowest BCUT2D eigenvalue weighted by atomic mass is 10.2. The van der Waals surface area contributed by atoms with Gasteiger partial charge in [-0.25, -0.2) is 0 Å².